The second-order valence-electron chi connectivity index (χ2n) is 7.12. The van der Waals surface area contributed by atoms with Crippen molar-refractivity contribution >= 4 is 23.4 Å². The number of piperazine rings is 1. The Labute approximate surface area is 174 Å². The molecule has 3 N–H and O–H groups in total. The summed E-state index contributed by atoms with van der Waals surface area (Å²) in [4.78, 5) is 29.2. The van der Waals surface area contributed by atoms with Crippen LogP contribution in [0.1, 0.15) is 21.9 Å². The third-order valence-electron chi connectivity index (χ3n) is 5.06. The van der Waals surface area contributed by atoms with Gasteiger partial charge in [0.1, 0.15) is 5.69 Å². The normalized spacial score (nSPS) is 14.5. The number of carbonyl (C=O) groups excluding carboxylic acids is 1. The van der Waals surface area contributed by atoms with Crippen LogP contribution >= 0.6 is 0 Å². The molecule has 0 atom stereocenters. The lowest BCUT2D eigenvalue weighted by Crippen LogP contribution is -2.46. The molecule has 0 aliphatic carbocycles. The van der Waals surface area contributed by atoms with Gasteiger partial charge in [0.15, 0.2) is 5.82 Å². The summed E-state index contributed by atoms with van der Waals surface area (Å²) in [6, 6.07) is 7.52. The Morgan fingerprint density at radius 1 is 1.17 bits per heavy atom. The van der Waals surface area contributed by atoms with Crippen LogP contribution in [0.25, 0.3) is 0 Å². The highest BCUT2D eigenvalue weighted by atomic mass is 16.1. The van der Waals surface area contributed by atoms with Gasteiger partial charge in [-0.3, -0.25) is 14.8 Å². The summed E-state index contributed by atoms with van der Waals surface area (Å²) in [6.07, 6.45) is 3.37. The van der Waals surface area contributed by atoms with E-state index in [0.29, 0.717) is 17.5 Å². The van der Waals surface area contributed by atoms with Crippen LogP contribution in [0.5, 0.6) is 0 Å². The Kier molecular flexibility index (Phi) is 5.84. The van der Waals surface area contributed by atoms with Crippen LogP contribution in [0.2, 0.25) is 0 Å². The van der Waals surface area contributed by atoms with Crippen molar-refractivity contribution in [3.8, 4) is 0 Å². The first-order valence-electron chi connectivity index (χ1n) is 9.88. The van der Waals surface area contributed by atoms with Crippen LogP contribution in [0.15, 0.2) is 36.7 Å². The van der Waals surface area contributed by atoms with E-state index < -0.39 is 0 Å². The highest BCUT2D eigenvalue weighted by molar-refractivity contribution is 5.92. The van der Waals surface area contributed by atoms with E-state index in [2.05, 4.69) is 45.6 Å². The average Bonchev–Trinajstić information content (AvgIpc) is 3.21. The quantitative estimate of drug-likeness (QED) is 0.561. The van der Waals surface area contributed by atoms with Crippen molar-refractivity contribution in [3.63, 3.8) is 0 Å². The average molecular weight is 407 g/mol. The summed E-state index contributed by atoms with van der Waals surface area (Å²) in [7, 11) is 1.61. The van der Waals surface area contributed by atoms with Crippen molar-refractivity contribution in [2.24, 2.45) is 0 Å². The molecule has 4 heterocycles. The van der Waals surface area contributed by atoms with Gasteiger partial charge in [-0.05, 0) is 25.1 Å². The van der Waals surface area contributed by atoms with Gasteiger partial charge < -0.3 is 15.5 Å². The van der Waals surface area contributed by atoms with Crippen LogP contribution in [-0.4, -0.2) is 69.2 Å². The number of H-pyrrole nitrogens is 1. The minimum absolute atomic E-state index is 0.165. The first-order valence-corrected chi connectivity index (χ1v) is 9.88. The molecule has 1 aliphatic rings. The molecule has 1 amide bonds. The fourth-order valence-electron chi connectivity index (χ4n) is 3.52. The minimum Gasteiger partial charge on any atom is -0.368 e. The van der Waals surface area contributed by atoms with E-state index in [1.807, 2.05) is 19.1 Å². The van der Waals surface area contributed by atoms with Crippen molar-refractivity contribution in [2.45, 2.75) is 13.5 Å². The number of hydrogen-bond acceptors (Lipinski definition) is 8. The Bertz CT molecular complexity index is 997. The van der Waals surface area contributed by atoms with Crippen LogP contribution < -0.4 is 15.5 Å². The SMILES string of the molecule is CNC(=O)c1ccc(N2CCN(Cc3cc(Nc4ncccn4)n[nH]3)CC2)c(C)n1. The molecule has 1 aliphatic heterocycles. The van der Waals surface area contributed by atoms with Crippen LogP contribution in [0, 0.1) is 6.92 Å². The largest absolute Gasteiger partial charge is 0.368 e. The zero-order chi connectivity index (χ0) is 20.9. The van der Waals surface area contributed by atoms with E-state index in [1.54, 1.807) is 31.6 Å². The summed E-state index contributed by atoms with van der Waals surface area (Å²) in [5, 5.41) is 13.1. The molecule has 156 valence electrons. The zero-order valence-corrected chi connectivity index (χ0v) is 17.1. The van der Waals surface area contributed by atoms with Gasteiger partial charge in [-0.1, -0.05) is 0 Å². The van der Waals surface area contributed by atoms with Crippen molar-refractivity contribution in [2.75, 3.05) is 43.4 Å². The molecule has 1 fully saturated rings. The van der Waals surface area contributed by atoms with E-state index in [4.69, 9.17) is 0 Å². The Hall–Kier alpha value is -3.53. The summed E-state index contributed by atoms with van der Waals surface area (Å²) in [5.74, 6) is 1.06. The van der Waals surface area contributed by atoms with Crippen molar-refractivity contribution in [1.29, 1.82) is 0 Å². The standard InChI is InChI=1S/C20H25N9O/c1-14-17(5-4-16(24-14)19(30)21-2)29-10-8-28(9-11-29)13-15-12-18(27-26-15)25-20-22-6-3-7-23-20/h3-7,12H,8-11,13H2,1-2H3,(H,21,30)(H2,22,23,25,26,27). The number of amides is 1. The molecule has 10 heteroatoms. The second kappa shape index (κ2) is 8.87. The lowest BCUT2D eigenvalue weighted by Gasteiger charge is -2.36. The Morgan fingerprint density at radius 3 is 2.63 bits per heavy atom. The molecule has 0 spiro atoms. The summed E-state index contributed by atoms with van der Waals surface area (Å²) >= 11 is 0. The number of nitrogens with zero attached hydrogens (tertiary/aromatic N) is 6. The number of carbonyl (C=O) groups is 1. The molecule has 3 aromatic heterocycles. The van der Waals surface area contributed by atoms with Gasteiger partial charge in [-0.15, -0.1) is 0 Å². The fraction of sp³-hybridized carbons (Fsp3) is 0.350. The van der Waals surface area contributed by atoms with Crippen LogP contribution in [0.4, 0.5) is 17.5 Å². The topological polar surface area (TPSA) is 115 Å². The lowest BCUT2D eigenvalue weighted by atomic mass is 10.2. The molecular formula is C20H25N9O. The number of rotatable bonds is 6. The molecule has 1 saturated heterocycles. The number of hydrogen-bond donors (Lipinski definition) is 3. The smallest absolute Gasteiger partial charge is 0.269 e. The predicted octanol–water partition coefficient (Wildman–Crippen LogP) is 1.33. The molecule has 0 radical (unpaired) electrons. The number of aromatic nitrogens is 5. The monoisotopic (exact) mass is 407 g/mol. The van der Waals surface area contributed by atoms with Gasteiger partial charge in [0, 0.05) is 58.2 Å². The summed E-state index contributed by atoms with van der Waals surface area (Å²) in [6.45, 7) is 6.41. The third-order valence-corrected chi connectivity index (χ3v) is 5.06. The minimum atomic E-state index is -0.165. The maximum Gasteiger partial charge on any atom is 0.269 e. The number of pyridine rings is 1. The molecule has 4 rings (SSSR count). The van der Waals surface area contributed by atoms with Gasteiger partial charge >= 0.3 is 0 Å². The third kappa shape index (κ3) is 4.54. The van der Waals surface area contributed by atoms with Gasteiger partial charge in [-0.2, -0.15) is 5.10 Å². The van der Waals surface area contributed by atoms with E-state index in [-0.39, 0.29) is 5.91 Å². The Morgan fingerprint density at radius 2 is 1.93 bits per heavy atom. The molecule has 0 aromatic carbocycles. The first-order chi connectivity index (χ1) is 14.6. The molecule has 0 saturated carbocycles. The van der Waals surface area contributed by atoms with Gasteiger partial charge in [0.25, 0.3) is 5.91 Å². The fourth-order valence-corrected chi connectivity index (χ4v) is 3.52. The maximum atomic E-state index is 11.8. The number of aromatic amines is 1. The Balaban J connectivity index is 1.31. The van der Waals surface area contributed by atoms with Gasteiger partial charge in [0.05, 0.1) is 17.1 Å². The molecule has 0 unspecified atom stereocenters. The highest BCUT2D eigenvalue weighted by Crippen LogP contribution is 2.21. The van der Waals surface area contributed by atoms with E-state index in [0.717, 1.165) is 49.8 Å². The van der Waals surface area contributed by atoms with Gasteiger partial charge in [0.2, 0.25) is 5.95 Å². The van der Waals surface area contributed by atoms with E-state index >= 15 is 0 Å². The van der Waals surface area contributed by atoms with Crippen molar-refractivity contribution in [3.05, 3.63) is 53.7 Å². The molecule has 30 heavy (non-hydrogen) atoms. The second-order valence-corrected chi connectivity index (χ2v) is 7.12. The summed E-state index contributed by atoms with van der Waals surface area (Å²) < 4.78 is 0. The molecule has 3 aromatic rings. The first kappa shape index (κ1) is 19.8. The predicted molar refractivity (Wildman–Crippen MR) is 114 cm³/mol. The maximum absolute atomic E-state index is 11.8. The number of anilines is 3. The van der Waals surface area contributed by atoms with E-state index in [9.17, 15) is 4.79 Å². The van der Waals surface area contributed by atoms with Gasteiger partial charge in [-0.25, -0.2) is 15.0 Å². The zero-order valence-electron chi connectivity index (χ0n) is 17.1. The molecule has 10 nitrogen and oxygen atoms in total. The molecule has 0 bridgehead atoms. The van der Waals surface area contributed by atoms with Crippen LogP contribution in [-0.2, 0) is 6.54 Å². The number of aryl methyl sites for hydroxylation is 1. The van der Waals surface area contributed by atoms with Crippen molar-refractivity contribution < 1.29 is 4.79 Å². The highest BCUT2D eigenvalue weighted by Gasteiger charge is 2.20. The summed E-state index contributed by atoms with van der Waals surface area (Å²) in [5.41, 5.74) is 3.44. The number of nitrogens with one attached hydrogen (secondary N) is 3. The van der Waals surface area contributed by atoms with Crippen molar-refractivity contribution in [1.82, 2.24) is 35.4 Å². The van der Waals surface area contributed by atoms with E-state index in [1.165, 1.54) is 0 Å². The van der Waals surface area contributed by atoms with Crippen LogP contribution in [0.3, 0.4) is 0 Å². The lowest BCUT2D eigenvalue weighted by molar-refractivity contribution is 0.0958. The molecular weight excluding hydrogens is 382 g/mol.